The second kappa shape index (κ2) is 9.28. The van der Waals surface area contributed by atoms with Crippen molar-refractivity contribution in [2.45, 2.75) is 70.2 Å². The second-order valence-electron chi connectivity index (χ2n) is 9.61. The highest BCUT2D eigenvalue weighted by atomic mass is 32.2. The van der Waals surface area contributed by atoms with E-state index in [1.807, 2.05) is 39.8 Å². The summed E-state index contributed by atoms with van der Waals surface area (Å²) in [5.41, 5.74) is 2.04. The number of carbonyl (C=O) groups excluding carboxylic acids is 2. The molecule has 0 spiro atoms. The smallest absolute Gasteiger partial charge is 0.243 e. The lowest BCUT2D eigenvalue weighted by atomic mass is 9.96. The lowest BCUT2D eigenvalue weighted by Gasteiger charge is -2.33. The van der Waals surface area contributed by atoms with Crippen molar-refractivity contribution in [3.63, 3.8) is 0 Å². The molecule has 2 amide bonds. The molecule has 1 heterocycles. The second-order valence-corrected chi connectivity index (χ2v) is 11.6. The number of piperidine rings is 1. The fraction of sp³-hybridized carbons (Fsp3) is 0.652. The summed E-state index contributed by atoms with van der Waals surface area (Å²) >= 11 is 0. The molecule has 0 atom stereocenters. The average Bonchev–Trinajstić information content (AvgIpc) is 3.18. The molecule has 0 bridgehead atoms. The molecule has 1 aromatic carbocycles. The molecular formula is C23H35N3O4S. The highest BCUT2D eigenvalue weighted by molar-refractivity contribution is 7.89. The van der Waals surface area contributed by atoms with Gasteiger partial charge in [-0.25, -0.2) is 8.42 Å². The van der Waals surface area contributed by atoms with Gasteiger partial charge in [-0.2, -0.15) is 4.31 Å². The zero-order chi connectivity index (χ0) is 22.8. The SMILES string of the molecule is CCN(CC(=O)NC(C)(C)C)C(=O)C1CCN(S(=O)(=O)c2ccc3c(c2)CCC3)CC1. The van der Waals surface area contributed by atoms with Crippen molar-refractivity contribution in [1.82, 2.24) is 14.5 Å². The molecule has 1 fully saturated rings. The van der Waals surface area contributed by atoms with Crippen molar-refractivity contribution in [3.05, 3.63) is 29.3 Å². The highest BCUT2D eigenvalue weighted by Gasteiger charge is 2.34. The van der Waals surface area contributed by atoms with Gasteiger partial charge >= 0.3 is 0 Å². The van der Waals surface area contributed by atoms with Crippen molar-refractivity contribution in [2.24, 2.45) is 5.92 Å². The first-order valence-electron chi connectivity index (χ1n) is 11.2. The van der Waals surface area contributed by atoms with Crippen LogP contribution in [0.2, 0.25) is 0 Å². The summed E-state index contributed by atoms with van der Waals surface area (Å²) in [7, 11) is -3.55. The molecular weight excluding hydrogens is 414 g/mol. The largest absolute Gasteiger partial charge is 0.350 e. The molecule has 7 nitrogen and oxygen atoms in total. The fourth-order valence-corrected chi connectivity index (χ4v) is 5.96. The maximum absolute atomic E-state index is 13.1. The number of carbonyl (C=O) groups is 2. The molecule has 0 radical (unpaired) electrons. The van der Waals surface area contributed by atoms with Gasteiger partial charge < -0.3 is 10.2 Å². The number of rotatable bonds is 6. The van der Waals surface area contributed by atoms with Gasteiger partial charge in [0.15, 0.2) is 0 Å². The predicted molar refractivity (Wildman–Crippen MR) is 120 cm³/mol. The van der Waals surface area contributed by atoms with E-state index in [0.29, 0.717) is 37.4 Å². The number of benzene rings is 1. The van der Waals surface area contributed by atoms with E-state index in [-0.39, 0.29) is 29.8 Å². The summed E-state index contributed by atoms with van der Waals surface area (Å²) in [6, 6.07) is 5.47. The Morgan fingerprint density at radius 2 is 1.77 bits per heavy atom. The number of amides is 2. The maximum Gasteiger partial charge on any atom is 0.243 e. The van der Waals surface area contributed by atoms with Gasteiger partial charge in [0.05, 0.1) is 11.4 Å². The summed E-state index contributed by atoms with van der Waals surface area (Å²) in [5.74, 6) is -0.505. The van der Waals surface area contributed by atoms with Crippen molar-refractivity contribution in [1.29, 1.82) is 0 Å². The van der Waals surface area contributed by atoms with Crippen LogP contribution in [0.1, 0.15) is 58.1 Å². The van der Waals surface area contributed by atoms with Crippen LogP contribution >= 0.6 is 0 Å². The molecule has 0 saturated carbocycles. The van der Waals surface area contributed by atoms with Gasteiger partial charge in [-0.1, -0.05) is 6.07 Å². The van der Waals surface area contributed by atoms with Crippen LogP contribution in [0, 0.1) is 5.92 Å². The maximum atomic E-state index is 13.1. The van der Waals surface area contributed by atoms with E-state index in [0.717, 1.165) is 24.8 Å². The molecule has 1 aliphatic heterocycles. The number of aryl methyl sites for hydroxylation is 2. The zero-order valence-electron chi connectivity index (χ0n) is 19.1. The van der Waals surface area contributed by atoms with Crippen LogP contribution in [0.3, 0.4) is 0 Å². The van der Waals surface area contributed by atoms with E-state index in [4.69, 9.17) is 0 Å². The first kappa shape index (κ1) is 23.7. The van der Waals surface area contributed by atoms with Crippen LogP contribution in [-0.2, 0) is 32.5 Å². The van der Waals surface area contributed by atoms with Crippen LogP contribution in [0.4, 0.5) is 0 Å². The normalized spacial score (nSPS) is 17.9. The lowest BCUT2D eigenvalue weighted by Crippen LogP contribution is -2.49. The van der Waals surface area contributed by atoms with Gasteiger partial charge in [-0.3, -0.25) is 9.59 Å². The molecule has 8 heteroatoms. The van der Waals surface area contributed by atoms with Gasteiger partial charge in [0.1, 0.15) is 0 Å². The molecule has 31 heavy (non-hydrogen) atoms. The average molecular weight is 450 g/mol. The predicted octanol–water partition coefficient (Wildman–Crippen LogP) is 2.34. The van der Waals surface area contributed by atoms with E-state index in [2.05, 4.69) is 5.32 Å². The van der Waals surface area contributed by atoms with E-state index in [1.54, 1.807) is 11.0 Å². The van der Waals surface area contributed by atoms with Gasteiger partial charge in [-0.15, -0.1) is 0 Å². The number of hydrogen-bond donors (Lipinski definition) is 1. The zero-order valence-corrected chi connectivity index (χ0v) is 19.9. The lowest BCUT2D eigenvalue weighted by molar-refractivity contribution is -0.140. The van der Waals surface area contributed by atoms with Crippen LogP contribution < -0.4 is 5.32 Å². The summed E-state index contributed by atoms with van der Waals surface area (Å²) in [6.45, 7) is 8.68. The minimum Gasteiger partial charge on any atom is -0.350 e. The Hall–Kier alpha value is -1.93. The molecule has 1 saturated heterocycles. The van der Waals surface area contributed by atoms with Crippen molar-refractivity contribution >= 4 is 21.8 Å². The number of nitrogens with zero attached hydrogens (tertiary/aromatic N) is 2. The Morgan fingerprint density at radius 3 is 2.39 bits per heavy atom. The number of likely N-dealkylation sites (N-methyl/N-ethyl adjacent to an activating group) is 1. The third-order valence-electron chi connectivity index (χ3n) is 6.05. The van der Waals surface area contributed by atoms with Gasteiger partial charge in [0.25, 0.3) is 0 Å². The first-order chi connectivity index (χ1) is 14.5. The molecule has 0 unspecified atom stereocenters. The summed E-state index contributed by atoms with van der Waals surface area (Å²) in [5, 5.41) is 2.88. The standard InChI is InChI=1S/C23H35N3O4S/c1-5-25(16-21(27)24-23(2,3)4)22(28)18-11-13-26(14-12-18)31(29,30)20-10-9-17-7-6-8-19(17)15-20/h9-10,15,18H,5-8,11-14,16H2,1-4H3,(H,24,27). The van der Waals surface area contributed by atoms with Gasteiger partial charge in [0, 0.05) is 31.1 Å². The topological polar surface area (TPSA) is 86.8 Å². The van der Waals surface area contributed by atoms with Gasteiger partial charge in [0.2, 0.25) is 21.8 Å². The summed E-state index contributed by atoms with van der Waals surface area (Å²) in [6.07, 6.45) is 3.98. The third-order valence-corrected chi connectivity index (χ3v) is 7.95. The molecule has 2 aliphatic rings. The first-order valence-corrected chi connectivity index (χ1v) is 12.7. The molecule has 0 aromatic heterocycles. The van der Waals surface area contributed by atoms with Crippen LogP contribution in [0.25, 0.3) is 0 Å². The van der Waals surface area contributed by atoms with Crippen molar-refractivity contribution in [2.75, 3.05) is 26.2 Å². The Bertz CT molecular complexity index is 929. The van der Waals surface area contributed by atoms with E-state index >= 15 is 0 Å². The number of sulfonamides is 1. The minimum atomic E-state index is -3.55. The van der Waals surface area contributed by atoms with Crippen LogP contribution in [0.5, 0.6) is 0 Å². The number of hydrogen-bond acceptors (Lipinski definition) is 4. The molecule has 1 aromatic rings. The minimum absolute atomic E-state index is 0.0280. The van der Waals surface area contributed by atoms with E-state index in [9.17, 15) is 18.0 Å². The summed E-state index contributed by atoms with van der Waals surface area (Å²) < 4.78 is 27.7. The summed E-state index contributed by atoms with van der Waals surface area (Å²) in [4.78, 5) is 27.1. The Kier molecular flexibility index (Phi) is 7.11. The van der Waals surface area contributed by atoms with Crippen LogP contribution in [0.15, 0.2) is 23.1 Å². The highest BCUT2D eigenvalue weighted by Crippen LogP contribution is 2.29. The molecule has 1 aliphatic carbocycles. The third kappa shape index (κ3) is 5.66. The Morgan fingerprint density at radius 1 is 1.13 bits per heavy atom. The van der Waals surface area contributed by atoms with Crippen molar-refractivity contribution in [3.8, 4) is 0 Å². The van der Waals surface area contributed by atoms with Gasteiger partial charge in [-0.05, 0) is 83.1 Å². The van der Waals surface area contributed by atoms with E-state index in [1.165, 1.54) is 9.87 Å². The molecule has 1 N–H and O–H groups in total. The quantitative estimate of drug-likeness (QED) is 0.722. The van der Waals surface area contributed by atoms with Crippen LogP contribution in [-0.4, -0.2) is 61.2 Å². The molecule has 172 valence electrons. The Balaban J connectivity index is 1.60. The monoisotopic (exact) mass is 449 g/mol. The number of fused-ring (bicyclic) bond motifs is 1. The van der Waals surface area contributed by atoms with E-state index < -0.39 is 10.0 Å². The molecule has 3 rings (SSSR count). The fourth-order valence-electron chi connectivity index (χ4n) is 4.44. The van der Waals surface area contributed by atoms with Crippen molar-refractivity contribution < 1.29 is 18.0 Å². The Labute approximate surface area is 186 Å². The number of nitrogens with one attached hydrogen (secondary N) is 1.